The van der Waals surface area contributed by atoms with Crippen LogP contribution in [0.5, 0.6) is 0 Å². The van der Waals surface area contributed by atoms with Crippen LogP contribution in [-0.2, 0) is 16.1 Å². The Kier molecular flexibility index (Phi) is 6.08. The van der Waals surface area contributed by atoms with Crippen LogP contribution in [0.3, 0.4) is 0 Å². The number of hydrogen-bond donors (Lipinski definition) is 0. The number of esters is 1. The predicted octanol–water partition coefficient (Wildman–Crippen LogP) is 2.38. The van der Waals surface area contributed by atoms with Crippen LogP contribution in [0, 0.1) is 5.82 Å². The molecule has 0 aliphatic carbocycles. The highest BCUT2D eigenvalue weighted by molar-refractivity contribution is 5.81. The van der Waals surface area contributed by atoms with E-state index in [0.29, 0.717) is 25.3 Å². The van der Waals surface area contributed by atoms with E-state index in [-0.39, 0.29) is 11.8 Å². The minimum absolute atomic E-state index is 0.210. The van der Waals surface area contributed by atoms with Gasteiger partial charge in [-0.15, -0.1) is 0 Å². The Morgan fingerprint density at radius 2 is 2.17 bits per heavy atom. The number of likely N-dealkylation sites (N-methyl/N-ethyl adjacent to an activating group) is 1. The molecule has 0 bridgehead atoms. The van der Waals surface area contributed by atoms with Crippen LogP contribution in [0.2, 0.25) is 0 Å². The summed E-state index contributed by atoms with van der Waals surface area (Å²) in [4.78, 5) is 13.0. The number of benzene rings is 1. The summed E-state index contributed by atoms with van der Waals surface area (Å²) in [5.41, 5.74) is 0.643. The number of halogens is 1. The highest BCUT2D eigenvalue weighted by atomic mass is 19.1. The van der Waals surface area contributed by atoms with Gasteiger partial charge in [0.2, 0.25) is 0 Å². The second-order valence-electron chi connectivity index (χ2n) is 3.94. The molecule has 0 fully saturated rings. The first-order chi connectivity index (χ1) is 8.63. The smallest absolute Gasteiger partial charge is 0.330 e. The summed E-state index contributed by atoms with van der Waals surface area (Å²) in [5.74, 6) is -0.560. The van der Waals surface area contributed by atoms with Crippen LogP contribution in [0.4, 0.5) is 4.39 Å². The van der Waals surface area contributed by atoms with Gasteiger partial charge in [-0.2, -0.15) is 0 Å². The molecule has 0 saturated carbocycles. The van der Waals surface area contributed by atoms with Crippen molar-refractivity contribution in [1.82, 2.24) is 4.90 Å². The molecule has 0 atom stereocenters. The van der Waals surface area contributed by atoms with Gasteiger partial charge in [0.25, 0.3) is 0 Å². The van der Waals surface area contributed by atoms with E-state index in [1.807, 2.05) is 11.9 Å². The molecule has 18 heavy (non-hydrogen) atoms. The van der Waals surface area contributed by atoms with E-state index in [1.165, 1.54) is 12.1 Å². The molecule has 4 heteroatoms. The normalized spacial score (nSPS) is 11.1. The molecule has 1 aromatic carbocycles. The lowest BCUT2D eigenvalue weighted by Gasteiger charge is -2.14. The average molecular weight is 251 g/mol. The third kappa shape index (κ3) is 5.10. The number of rotatable bonds is 6. The van der Waals surface area contributed by atoms with Gasteiger partial charge in [-0.25, -0.2) is 9.18 Å². The van der Waals surface area contributed by atoms with Gasteiger partial charge in [-0.05, 0) is 20.0 Å². The monoisotopic (exact) mass is 251 g/mol. The van der Waals surface area contributed by atoms with Crippen molar-refractivity contribution in [2.45, 2.75) is 13.5 Å². The van der Waals surface area contributed by atoms with Crippen LogP contribution in [0.15, 0.2) is 36.4 Å². The largest absolute Gasteiger partial charge is 0.463 e. The minimum atomic E-state index is -0.350. The van der Waals surface area contributed by atoms with Gasteiger partial charge >= 0.3 is 5.97 Å². The number of nitrogens with zero attached hydrogens (tertiary/aromatic N) is 1. The minimum Gasteiger partial charge on any atom is -0.463 e. The third-order valence-corrected chi connectivity index (χ3v) is 2.36. The highest BCUT2D eigenvalue weighted by Crippen LogP contribution is 2.08. The maximum atomic E-state index is 13.4. The van der Waals surface area contributed by atoms with Gasteiger partial charge in [-0.3, -0.25) is 4.90 Å². The first-order valence-corrected chi connectivity index (χ1v) is 5.88. The SMILES string of the molecule is CCOC(=O)/C=C/CN(C)Cc1ccccc1F. The molecule has 0 amide bonds. The van der Waals surface area contributed by atoms with E-state index < -0.39 is 0 Å². The summed E-state index contributed by atoms with van der Waals surface area (Å²) in [6.45, 7) is 3.19. The molecule has 1 rings (SSSR count). The standard InChI is InChI=1S/C14H18FNO2/c1-3-18-14(17)9-6-10-16(2)11-12-7-4-5-8-13(12)15/h4-9H,3,10-11H2,1-2H3/b9-6+. The first kappa shape index (κ1) is 14.4. The molecule has 0 N–H and O–H groups in total. The Hall–Kier alpha value is -1.68. The number of ether oxygens (including phenoxy) is 1. The quantitative estimate of drug-likeness (QED) is 0.574. The van der Waals surface area contributed by atoms with Crippen molar-refractivity contribution in [3.05, 3.63) is 47.8 Å². The second kappa shape index (κ2) is 7.61. The lowest BCUT2D eigenvalue weighted by Crippen LogP contribution is -2.18. The van der Waals surface area contributed by atoms with Crippen LogP contribution < -0.4 is 0 Å². The molecular formula is C14H18FNO2. The molecule has 0 saturated heterocycles. The Balaban J connectivity index is 2.40. The van der Waals surface area contributed by atoms with Crippen molar-refractivity contribution in [1.29, 1.82) is 0 Å². The molecule has 0 radical (unpaired) electrons. The van der Waals surface area contributed by atoms with Crippen molar-refractivity contribution in [2.75, 3.05) is 20.2 Å². The zero-order chi connectivity index (χ0) is 13.4. The summed E-state index contributed by atoms with van der Waals surface area (Å²) in [6.07, 6.45) is 3.10. The maximum Gasteiger partial charge on any atom is 0.330 e. The summed E-state index contributed by atoms with van der Waals surface area (Å²) < 4.78 is 18.1. The zero-order valence-electron chi connectivity index (χ0n) is 10.7. The summed E-state index contributed by atoms with van der Waals surface area (Å²) in [5, 5.41) is 0. The van der Waals surface area contributed by atoms with Crippen molar-refractivity contribution < 1.29 is 13.9 Å². The van der Waals surface area contributed by atoms with E-state index in [2.05, 4.69) is 0 Å². The fraction of sp³-hybridized carbons (Fsp3) is 0.357. The van der Waals surface area contributed by atoms with Crippen LogP contribution in [0.25, 0.3) is 0 Å². The second-order valence-corrected chi connectivity index (χ2v) is 3.94. The van der Waals surface area contributed by atoms with Crippen molar-refractivity contribution >= 4 is 5.97 Å². The highest BCUT2D eigenvalue weighted by Gasteiger charge is 2.03. The third-order valence-electron chi connectivity index (χ3n) is 2.36. The van der Waals surface area contributed by atoms with Gasteiger partial charge in [0.1, 0.15) is 5.82 Å². The molecule has 98 valence electrons. The van der Waals surface area contributed by atoms with Gasteiger partial charge in [0.15, 0.2) is 0 Å². The molecule has 0 heterocycles. The molecule has 0 aromatic heterocycles. The van der Waals surface area contributed by atoms with E-state index >= 15 is 0 Å². The van der Waals surface area contributed by atoms with E-state index in [0.717, 1.165) is 0 Å². The number of carbonyl (C=O) groups is 1. The summed E-state index contributed by atoms with van der Waals surface area (Å²) in [6, 6.07) is 6.67. The topological polar surface area (TPSA) is 29.5 Å². The molecule has 0 unspecified atom stereocenters. The lowest BCUT2D eigenvalue weighted by atomic mass is 10.2. The first-order valence-electron chi connectivity index (χ1n) is 5.88. The maximum absolute atomic E-state index is 13.4. The molecule has 3 nitrogen and oxygen atoms in total. The predicted molar refractivity (Wildman–Crippen MR) is 68.5 cm³/mol. The molecule has 0 aliphatic heterocycles. The molecule has 0 spiro atoms. The van der Waals surface area contributed by atoms with E-state index in [4.69, 9.17) is 4.74 Å². The van der Waals surface area contributed by atoms with Gasteiger partial charge in [0, 0.05) is 24.7 Å². The van der Waals surface area contributed by atoms with E-state index in [1.54, 1.807) is 31.2 Å². The average Bonchev–Trinajstić information content (AvgIpc) is 2.32. The fourth-order valence-electron chi connectivity index (χ4n) is 1.50. The Morgan fingerprint density at radius 1 is 1.44 bits per heavy atom. The fourth-order valence-corrected chi connectivity index (χ4v) is 1.50. The Labute approximate surface area is 107 Å². The summed E-state index contributed by atoms with van der Waals surface area (Å²) >= 11 is 0. The Bertz CT molecular complexity index is 418. The Morgan fingerprint density at radius 3 is 2.83 bits per heavy atom. The van der Waals surface area contributed by atoms with Crippen LogP contribution in [0.1, 0.15) is 12.5 Å². The van der Waals surface area contributed by atoms with Crippen LogP contribution >= 0.6 is 0 Å². The lowest BCUT2D eigenvalue weighted by molar-refractivity contribution is -0.137. The van der Waals surface area contributed by atoms with Gasteiger partial charge < -0.3 is 4.74 Å². The van der Waals surface area contributed by atoms with Crippen molar-refractivity contribution in [2.24, 2.45) is 0 Å². The number of carbonyl (C=O) groups excluding carboxylic acids is 1. The van der Waals surface area contributed by atoms with Gasteiger partial charge in [0.05, 0.1) is 6.61 Å². The zero-order valence-corrected chi connectivity index (χ0v) is 10.7. The molecular weight excluding hydrogens is 233 g/mol. The number of hydrogen-bond acceptors (Lipinski definition) is 3. The summed E-state index contributed by atoms with van der Waals surface area (Å²) in [7, 11) is 1.86. The van der Waals surface area contributed by atoms with Crippen molar-refractivity contribution in [3.8, 4) is 0 Å². The molecule has 0 aliphatic rings. The van der Waals surface area contributed by atoms with Crippen LogP contribution in [-0.4, -0.2) is 31.1 Å². The molecule has 1 aromatic rings. The van der Waals surface area contributed by atoms with E-state index in [9.17, 15) is 9.18 Å². The van der Waals surface area contributed by atoms with Crippen molar-refractivity contribution in [3.63, 3.8) is 0 Å². The van der Waals surface area contributed by atoms with Gasteiger partial charge in [-0.1, -0.05) is 24.3 Å².